The van der Waals surface area contributed by atoms with Gasteiger partial charge >= 0.3 is 5.97 Å². The fraction of sp³-hybridized carbons (Fsp3) is 0.438. The van der Waals surface area contributed by atoms with Gasteiger partial charge in [0.1, 0.15) is 11.4 Å². The second-order valence-electron chi connectivity index (χ2n) is 5.23. The van der Waals surface area contributed by atoms with Crippen LogP contribution in [0.3, 0.4) is 0 Å². The van der Waals surface area contributed by atoms with Crippen molar-refractivity contribution >= 4 is 16.9 Å². The van der Waals surface area contributed by atoms with Crippen molar-refractivity contribution < 1.29 is 14.3 Å². The van der Waals surface area contributed by atoms with Crippen LogP contribution in [-0.2, 0) is 4.74 Å². The van der Waals surface area contributed by atoms with Crippen LogP contribution in [0.25, 0.3) is 10.9 Å². The molecular weight excluding hydrogens is 254 g/mol. The van der Waals surface area contributed by atoms with E-state index in [1.807, 2.05) is 24.3 Å². The van der Waals surface area contributed by atoms with Gasteiger partial charge in [0, 0.05) is 10.9 Å². The lowest BCUT2D eigenvalue weighted by atomic mass is 9.86. The Kier molecular flexibility index (Phi) is 3.63. The standard InChI is InChI=1S/C16H19NO3/c1-2-19-16(18)14-9-12-13(17-14)7-4-8-15(12)20-10-11-5-3-6-11/h4,7-9,11,17H,2-3,5-6,10H2,1H3. The maximum Gasteiger partial charge on any atom is 0.354 e. The Hall–Kier alpha value is -1.97. The van der Waals surface area contributed by atoms with Crippen molar-refractivity contribution in [3.63, 3.8) is 0 Å². The van der Waals surface area contributed by atoms with E-state index in [-0.39, 0.29) is 5.97 Å². The number of hydrogen-bond donors (Lipinski definition) is 1. The van der Waals surface area contributed by atoms with E-state index in [0.717, 1.165) is 23.3 Å². The fourth-order valence-corrected chi connectivity index (χ4v) is 2.44. The molecule has 0 saturated heterocycles. The average Bonchev–Trinajstić information content (AvgIpc) is 2.82. The van der Waals surface area contributed by atoms with Crippen molar-refractivity contribution in [2.24, 2.45) is 5.92 Å². The van der Waals surface area contributed by atoms with Crippen molar-refractivity contribution in [2.75, 3.05) is 13.2 Å². The van der Waals surface area contributed by atoms with Crippen molar-refractivity contribution in [3.05, 3.63) is 30.0 Å². The highest BCUT2D eigenvalue weighted by atomic mass is 16.5. The first-order chi connectivity index (χ1) is 9.78. The highest BCUT2D eigenvalue weighted by Crippen LogP contribution is 2.30. The van der Waals surface area contributed by atoms with Crippen LogP contribution in [0.5, 0.6) is 5.75 Å². The molecule has 1 aromatic heterocycles. The lowest BCUT2D eigenvalue weighted by Crippen LogP contribution is -2.19. The summed E-state index contributed by atoms with van der Waals surface area (Å²) in [4.78, 5) is 14.8. The first-order valence-electron chi connectivity index (χ1n) is 7.19. The van der Waals surface area contributed by atoms with Crippen LogP contribution < -0.4 is 4.74 Å². The number of fused-ring (bicyclic) bond motifs is 1. The Morgan fingerprint density at radius 1 is 1.40 bits per heavy atom. The van der Waals surface area contributed by atoms with E-state index < -0.39 is 0 Å². The Bertz CT molecular complexity index is 613. The SMILES string of the molecule is CCOC(=O)c1cc2c(OCC3CCC3)cccc2[nH]1. The van der Waals surface area contributed by atoms with Crippen LogP contribution in [0.15, 0.2) is 24.3 Å². The Balaban J connectivity index is 1.82. The summed E-state index contributed by atoms with van der Waals surface area (Å²) in [6, 6.07) is 7.63. The second kappa shape index (κ2) is 5.57. The number of nitrogens with one attached hydrogen (secondary N) is 1. The van der Waals surface area contributed by atoms with Gasteiger partial charge in [-0.25, -0.2) is 4.79 Å². The third-order valence-corrected chi connectivity index (χ3v) is 3.82. The van der Waals surface area contributed by atoms with E-state index >= 15 is 0 Å². The van der Waals surface area contributed by atoms with E-state index in [1.54, 1.807) is 6.92 Å². The highest BCUT2D eigenvalue weighted by Gasteiger charge is 2.19. The molecular formula is C16H19NO3. The minimum atomic E-state index is -0.325. The molecule has 1 heterocycles. The molecule has 1 aliphatic carbocycles. The summed E-state index contributed by atoms with van der Waals surface area (Å²) < 4.78 is 10.9. The van der Waals surface area contributed by atoms with Crippen LogP contribution in [0.4, 0.5) is 0 Å². The second-order valence-corrected chi connectivity index (χ2v) is 5.23. The minimum absolute atomic E-state index is 0.325. The third-order valence-electron chi connectivity index (χ3n) is 3.82. The van der Waals surface area contributed by atoms with Gasteiger partial charge in [-0.05, 0) is 43.9 Å². The van der Waals surface area contributed by atoms with Crippen LogP contribution in [0.1, 0.15) is 36.7 Å². The smallest absolute Gasteiger partial charge is 0.354 e. The molecule has 0 bridgehead atoms. The van der Waals surface area contributed by atoms with Gasteiger partial charge in [0.05, 0.1) is 13.2 Å². The molecule has 1 aliphatic rings. The number of benzene rings is 1. The molecule has 20 heavy (non-hydrogen) atoms. The number of aromatic nitrogens is 1. The number of hydrogen-bond acceptors (Lipinski definition) is 3. The lowest BCUT2D eigenvalue weighted by molar-refractivity contribution is 0.0520. The minimum Gasteiger partial charge on any atom is -0.493 e. The first-order valence-corrected chi connectivity index (χ1v) is 7.19. The molecule has 0 unspecified atom stereocenters. The van der Waals surface area contributed by atoms with Crippen LogP contribution in [0, 0.1) is 5.92 Å². The van der Waals surface area contributed by atoms with Crippen molar-refractivity contribution in [3.8, 4) is 5.75 Å². The summed E-state index contributed by atoms with van der Waals surface area (Å²) in [7, 11) is 0. The maximum atomic E-state index is 11.8. The third kappa shape index (κ3) is 2.50. The Morgan fingerprint density at radius 2 is 2.25 bits per heavy atom. The molecule has 0 aliphatic heterocycles. The van der Waals surface area contributed by atoms with Gasteiger partial charge < -0.3 is 14.5 Å². The largest absolute Gasteiger partial charge is 0.493 e. The number of H-pyrrole nitrogens is 1. The molecule has 4 heteroatoms. The summed E-state index contributed by atoms with van der Waals surface area (Å²) in [6.45, 7) is 2.94. The summed E-state index contributed by atoms with van der Waals surface area (Å²) in [5.41, 5.74) is 1.38. The topological polar surface area (TPSA) is 51.3 Å². The molecule has 1 fully saturated rings. The predicted molar refractivity (Wildman–Crippen MR) is 77.1 cm³/mol. The van der Waals surface area contributed by atoms with Gasteiger partial charge in [-0.3, -0.25) is 0 Å². The molecule has 1 saturated carbocycles. The summed E-state index contributed by atoms with van der Waals surface area (Å²) >= 11 is 0. The van der Waals surface area contributed by atoms with E-state index in [9.17, 15) is 4.79 Å². The van der Waals surface area contributed by atoms with E-state index in [4.69, 9.17) is 9.47 Å². The molecule has 0 amide bonds. The van der Waals surface area contributed by atoms with Crippen LogP contribution in [0.2, 0.25) is 0 Å². The molecule has 4 nitrogen and oxygen atoms in total. The maximum absolute atomic E-state index is 11.8. The van der Waals surface area contributed by atoms with E-state index in [2.05, 4.69) is 4.98 Å². The average molecular weight is 273 g/mol. The molecule has 3 rings (SSSR count). The Labute approximate surface area is 118 Å². The van der Waals surface area contributed by atoms with Crippen LogP contribution >= 0.6 is 0 Å². The Morgan fingerprint density at radius 3 is 2.95 bits per heavy atom. The molecule has 1 aromatic carbocycles. The highest BCUT2D eigenvalue weighted by molar-refractivity contribution is 5.97. The molecule has 106 valence electrons. The molecule has 2 aromatic rings. The van der Waals surface area contributed by atoms with Gasteiger partial charge in [0.15, 0.2) is 0 Å². The number of carbonyl (C=O) groups is 1. The van der Waals surface area contributed by atoms with E-state index in [0.29, 0.717) is 18.2 Å². The molecule has 0 spiro atoms. The number of aromatic amines is 1. The molecule has 1 N–H and O–H groups in total. The summed E-state index contributed by atoms with van der Waals surface area (Å²) in [5, 5.41) is 0.940. The number of ether oxygens (including phenoxy) is 2. The zero-order chi connectivity index (χ0) is 13.9. The monoisotopic (exact) mass is 273 g/mol. The molecule has 0 atom stereocenters. The zero-order valence-electron chi connectivity index (χ0n) is 11.6. The van der Waals surface area contributed by atoms with Gasteiger partial charge in [0.25, 0.3) is 0 Å². The van der Waals surface area contributed by atoms with Gasteiger partial charge in [0.2, 0.25) is 0 Å². The quantitative estimate of drug-likeness (QED) is 0.848. The van der Waals surface area contributed by atoms with Gasteiger partial charge in [-0.1, -0.05) is 12.5 Å². The predicted octanol–water partition coefficient (Wildman–Crippen LogP) is 3.52. The number of carbonyl (C=O) groups excluding carboxylic acids is 1. The van der Waals surface area contributed by atoms with Gasteiger partial charge in [-0.15, -0.1) is 0 Å². The summed E-state index contributed by atoms with van der Waals surface area (Å²) in [5.74, 6) is 1.20. The van der Waals surface area contributed by atoms with Crippen molar-refractivity contribution in [1.29, 1.82) is 0 Å². The van der Waals surface area contributed by atoms with Crippen LogP contribution in [-0.4, -0.2) is 24.2 Å². The van der Waals surface area contributed by atoms with Crippen molar-refractivity contribution in [1.82, 2.24) is 4.98 Å². The van der Waals surface area contributed by atoms with Gasteiger partial charge in [-0.2, -0.15) is 0 Å². The zero-order valence-corrected chi connectivity index (χ0v) is 11.6. The lowest BCUT2D eigenvalue weighted by Gasteiger charge is -2.25. The van der Waals surface area contributed by atoms with E-state index in [1.165, 1.54) is 19.3 Å². The first kappa shape index (κ1) is 13.0. The fourth-order valence-electron chi connectivity index (χ4n) is 2.44. The van der Waals surface area contributed by atoms with Crippen molar-refractivity contribution in [2.45, 2.75) is 26.2 Å². The number of rotatable bonds is 5. The number of esters is 1. The normalized spacial score (nSPS) is 15.1. The summed E-state index contributed by atoms with van der Waals surface area (Å²) in [6.07, 6.45) is 3.84. The molecule has 0 radical (unpaired) electrons.